The summed E-state index contributed by atoms with van der Waals surface area (Å²) in [7, 11) is 1.91. The molecule has 90 valence electrons. The number of nitrogens with two attached hydrogens (primary N) is 1. The largest absolute Gasteiger partial charge is 0.322 e. The summed E-state index contributed by atoms with van der Waals surface area (Å²) in [5.74, 6) is 0. The lowest BCUT2D eigenvalue weighted by Gasteiger charge is -2.13. The van der Waals surface area contributed by atoms with Crippen molar-refractivity contribution in [1.82, 2.24) is 9.78 Å². The van der Waals surface area contributed by atoms with Crippen LogP contribution >= 0.6 is 15.9 Å². The maximum atomic E-state index is 6.22. The first-order chi connectivity index (χ1) is 8.08. The van der Waals surface area contributed by atoms with E-state index in [2.05, 4.69) is 52.2 Å². The fraction of sp³-hybridized carbons (Fsp3) is 0.308. The summed E-state index contributed by atoms with van der Waals surface area (Å²) >= 11 is 3.48. The number of aryl methyl sites for hydroxylation is 2. The van der Waals surface area contributed by atoms with Crippen molar-refractivity contribution < 1.29 is 0 Å². The van der Waals surface area contributed by atoms with Crippen molar-refractivity contribution >= 4 is 15.9 Å². The normalized spacial score (nSPS) is 12.7. The molecular formula is C13H16BrN3. The number of rotatable bonds is 3. The summed E-state index contributed by atoms with van der Waals surface area (Å²) < 4.78 is 2.79. The van der Waals surface area contributed by atoms with Gasteiger partial charge in [0.15, 0.2) is 0 Å². The maximum absolute atomic E-state index is 6.22. The van der Waals surface area contributed by atoms with Crippen molar-refractivity contribution in [3.05, 3.63) is 51.8 Å². The third-order valence-electron chi connectivity index (χ3n) is 2.87. The fourth-order valence-electron chi connectivity index (χ4n) is 1.91. The van der Waals surface area contributed by atoms with Gasteiger partial charge in [0.2, 0.25) is 0 Å². The van der Waals surface area contributed by atoms with E-state index in [4.69, 9.17) is 5.73 Å². The van der Waals surface area contributed by atoms with Gasteiger partial charge in [0.25, 0.3) is 0 Å². The van der Waals surface area contributed by atoms with Gasteiger partial charge in [-0.1, -0.05) is 29.8 Å². The minimum absolute atomic E-state index is 0.0421. The average Bonchev–Trinajstić information content (AvgIpc) is 2.62. The smallest absolute Gasteiger partial charge is 0.0693 e. The van der Waals surface area contributed by atoms with Crippen LogP contribution in [-0.4, -0.2) is 9.78 Å². The number of hydrogen-bond donors (Lipinski definition) is 1. The summed E-state index contributed by atoms with van der Waals surface area (Å²) in [6.45, 7) is 2.08. The molecule has 1 atom stereocenters. The Morgan fingerprint density at radius 2 is 2.00 bits per heavy atom. The van der Waals surface area contributed by atoms with Crippen molar-refractivity contribution in [1.29, 1.82) is 0 Å². The van der Waals surface area contributed by atoms with E-state index in [-0.39, 0.29) is 6.04 Å². The highest BCUT2D eigenvalue weighted by Gasteiger charge is 2.15. The number of nitrogens with zero attached hydrogens (tertiary/aromatic N) is 2. The molecule has 0 amide bonds. The minimum atomic E-state index is -0.0421. The zero-order valence-electron chi connectivity index (χ0n) is 10.0. The van der Waals surface area contributed by atoms with Crippen LogP contribution < -0.4 is 5.73 Å². The summed E-state index contributed by atoms with van der Waals surface area (Å²) in [5.41, 5.74) is 9.77. The Balaban J connectivity index is 2.17. The first kappa shape index (κ1) is 12.3. The van der Waals surface area contributed by atoms with Crippen molar-refractivity contribution in [2.24, 2.45) is 12.8 Å². The van der Waals surface area contributed by atoms with E-state index >= 15 is 0 Å². The molecule has 2 N–H and O–H groups in total. The number of hydrogen-bond acceptors (Lipinski definition) is 2. The topological polar surface area (TPSA) is 43.8 Å². The molecule has 0 bridgehead atoms. The highest BCUT2D eigenvalue weighted by atomic mass is 79.9. The van der Waals surface area contributed by atoms with Crippen LogP contribution in [0.5, 0.6) is 0 Å². The Morgan fingerprint density at radius 1 is 1.35 bits per heavy atom. The van der Waals surface area contributed by atoms with E-state index in [1.54, 1.807) is 6.20 Å². The highest BCUT2D eigenvalue weighted by Crippen LogP contribution is 2.23. The first-order valence-corrected chi connectivity index (χ1v) is 6.35. The van der Waals surface area contributed by atoms with Gasteiger partial charge in [-0.25, -0.2) is 0 Å². The van der Waals surface area contributed by atoms with Gasteiger partial charge in [-0.05, 0) is 34.8 Å². The van der Waals surface area contributed by atoms with Gasteiger partial charge in [0.05, 0.1) is 22.4 Å². The van der Waals surface area contributed by atoms with E-state index in [0.717, 1.165) is 16.6 Å². The predicted octanol–water partition coefficient (Wildman–Crippen LogP) is 2.73. The Hall–Kier alpha value is -1.13. The van der Waals surface area contributed by atoms with E-state index in [1.807, 2.05) is 11.7 Å². The summed E-state index contributed by atoms with van der Waals surface area (Å²) in [6, 6.07) is 8.43. The molecule has 1 aromatic carbocycles. The van der Waals surface area contributed by atoms with E-state index in [1.165, 1.54) is 11.1 Å². The van der Waals surface area contributed by atoms with Gasteiger partial charge >= 0.3 is 0 Å². The van der Waals surface area contributed by atoms with Crippen molar-refractivity contribution in [2.45, 2.75) is 19.4 Å². The van der Waals surface area contributed by atoms with E-state index in [9.17, 15) is 0 Å². The number of aromatic nitrogens is 2. The Morgan fingerprint density at radius 3 is 2.53 bits per heavy atom. The summed E-state index contributed by atoms with van der Waals surface area (Å²) in [4.78, 5) is 0. The Kier molecular flexibility index (Phi) is 3.64. The van der Waals surface area contributed by atoms with Crippen LogP contribution in [0.25, 0.3) is 0 Å². The molecular weight excluding hydrogens is 278 g/mol. The lowest BCUT2D eigenvalue weighted by Crippen LogP contribution is -2.17. The average molecular weight is 294 g/mol. The van der Waals surface area contributed by atoms with Gasteiger partial charge in [-0.15, -0.1) is 0 Å². The molecule has 0 aliphatic heterocycles. The number of benzene rings is 1. The van der Waals surface area contributed by atoms with Crippen LogP contribution in [0, 0.1) is 6.92 Å². The Bertz CT molecular complexity index is 482. The van der Waals surface area contributed by atoms with Crippen LogP contribution in [-0.2, 0) is 13.5 Å². The molecule has 4 heteroatoms. The second kappa shape index (κ2) is 5.02. The molecule has 2 aromatic rings. The molecule has 3 nitrogen and oxygen atoms in total. The quantitative estimate of drug-likeness (QED) is 0.946. The lowest BCUT2D eigenvalue weighted by molar-refractivity contribution is 0.615. The van der Waals surface area contributed by atoms with Crippen molar-refractivity contribution in [2.75, 3.05) is 0 Å². The van der Waals surface area contributed by atoms with E-state index in [0.29, 0.717) is 0 Å². The third kappa shape index (κ3) is 2.76. The van der Waals surface area contributed by atoms with Gasteiger partial charge in [0, 0.05) is 7.05 Å². The molecule has 0 fully saturated rings. The summed E-state index contributed by atoms with van der Waals surface area (Å²) in [6.07, 6.45) is 2.60. The molecule has 0 spiro atoms. The molecule has 0 aliphatic rings. The zero-order chi connectivity index (χ0) is 12.4. The zero-order valence-corrected chi connectivity index (χ0v) is 11.6. The molecule has 0 saturated carbocycles. The second-order valence-electron chi connectivity index (χ2n) is 4.30. The molecule has 1 aromatic heterocycles. The Labute approximate surface area is 110 Å². The summed E-state index contributed by atoms with van der Waals surface area (Å²) in [5, 5.41) is 4.18. The first-order valence-electron chi connectivity index (χ1n) is 5.56. The predicted molar refractivity (Wildman–Crippen MR) is 72.7 cm³/mol. The van der Waals surface area contributed by atoms with Gasteiger partial charge in [-0.3, -0.25) is 4.68 Å². The molecule has 1 heterocycles. The minimum Gasteiger partial charge on any atom is -0.322 e. The third-order valence-corrected chi connectivity index (χ3v) is 3.48. The molecule has 0 aliphatic carbocycles. The van der Waals surface area contributed by atoms with Crippen LogP contribution in [0.2, 0.25) is 0 Å². The fourth-order valence-corrected chi connectivity index (χ4v) is 2.55. The van der Waals surface area contributed by atoms with Gasteiger partial charge in [-0.2, -0.15) is 5.10 Å². The van der Waals surface area contributed by atoms with Gasteiger partial charge in [0.1, 0.15) is 0 Å². The van der Waals surface area contributed by atoms with Gasteiger partial charge < -0.3 is 5.73 Å². The number of halogens is 1. The second-order valence-corrected chi connectivity index (χ2v) is 5.15. The molecule has 1 unspecified atom stereocenters. The monoisotopic (exact) mass is 293 g/mol. The van der Waals surface area contributed by atoms with Crippen LogP contribution in [0.3, 0.4) is 0 Å². The highest BCUT2D eigenvalue weighted by molar-refractivity contribution is 9.10. The lowest BCUT2D eigenvalue weighted by atomic mass is 10.0. The van der Waals surface area contributed by atoms with E-state index < -0.39 is 0 Å². The molecule has 0 radical (unpaired) electrons. The maximum Gasteiger partial charge on any atom is 0.0693 e. The van der Waals surface area contributed by atoms with Crippen LogP contribution in [0.1, 0.15) is 22.9 Å². The molecule has 2 rings (SSSR count). The molecule has 17 heavy (non-hydrogen) atoms. The van der Waals surface area contributed by atoms with Crippen molar-refractivity contribution in [3.63, 3.8) is 0 Å². The standard InChI is InChI=1S/C13H16BrN3/c1-9-3-5-10(6-4-9)7-12(15)13-11(14)8-16-17(13)2/h3-6,8,12H,7,15H2,1-2H3. The molecule has 0 saturated heterocycles. The SMILES string of the molecule is Cc1ccc(CC(N)c2c(Br)cnn2C)cc1. The van der Waals surface area contributed by atoms with Crippen LogP contribution in [0.4, 0.5) is 0 Å². The van der Waals surface area contributed by atoms with Crippen LogP contribution in [0.15, 0.2) is 34.9 Å². The van der Waals surface area contributed by atoms with Crippen molar-refractivity contribution in [3.8, 4) is 0 Å².